The Morgan fingerprint density at radius 2 is 2.50 bits per heavy atom. The number of rotatable bonds is 7. The predicted molar refractivity (Wildman–Crippen MR) is 76.1 cm³/mol. The molecule has 20 heavy (non-hydrogen) atoms. The van der Waals surface area contributed by atoms with Gasteiger partial charge in [0.05, 0.1) is 44.6 Å². The van der Waals surface area contributed by atoms with Crippen LogP contribution in [0, 0.1) is 0 Å². The molecule has 1 saturated heterocycles. The fourth-order valence-corrected chi connectivity index (χ4v) is 2.58. The molecule has 0 aliphatic carbocycles. The highest BCUT2D eigenvalue weighted by molar-refractivity contribution is 7.13. The molecule has 1 atom stereocenters. The fourth-order valence-electron chi connectivity index (χ4n) is 1.82. The number of anilines is 1. The van der Waals surface area contributed by atoms with Crippen LogP contribution in [0.3, 0.4) is 0 Å². The molecule has 0 spiro atoms. The Balaban J connectivity index is 1.70. The number of carbonyl (C=O) groups excluding carboxylic acids is 1. The second-order valence-corrected chi connectivity index (χ2v) is 5.26. The first-order chi connectivity index (χ1) is 9.78. The standard InChI is InChI=1S/C13H20N2O4S/c1-2-18-12(16)4-3-10-9-20-13(15-10)14-7-11-8-17-5-6-19-11/h9,11H,2-8H2,1H3,(H,14,15). The number of hydrogen-bond donors (Lipinski definition) is 1. The quantitative estimate of drug-likeness (QED) is 0.769. The van der Waals surface area contributed by atoms with Crippen LogP contribution in [0.2, 0.25) is 0 Å². The summed E-state index contributed by atoms with van der Waals surface area (Å²) in [5.74, 6) is -0.178. The van der Waals surface area contributed by atoms with Gasteiger partial charge in [0.15, 0.2) is 5.13 Å². The van der Waals surface area contributed by atoms with E-state index in [-0.39, 0.29) is 12.1 Å². The highest BCUT2D eigenvalue weighted by atomic mass is 32.1. The number of nitrogens with zero attached hydrogens (tertiary/aromatic N) is 1. The molecule has 1 aromatic rings. The molecule has 1 fully saturated rings. The van der Waals surface area contributed by atoms with Gasteiger partial charge >= 0.3 is 5.97 Å². The largest absolute Gasteiger partial charge is 0.466 e. The fraction of sp³-hybridized carbons (Fsp3) is 0.692. The van der Waals surface area contributed by atoms with E-state index in [1.54, 1.807) is 6.92 Å². The minimum Gasteiger partial charge on any atom is -0.466 e. The van der Waals surface area contributed by atoms with E-state index in [9.17, 15) is 4.79 Å². The molecule has 6 nitrogen and oxygen atoms in total. The molecular formula is C13H20N2O4S. The molecule has 0 amide bonds. The number of aryl methyl sites for hydroxylation is 1. The normalized spacial score (nSPS) is 18.8. The number of esters is 1. The average molecular weight is 300 g/mol. The van der Waals surface area contributed by atoms with E-state index in [0.29, 0.717) is 45.8 Å². The van der Waals surface area contributed by atoms with Crippen molar-refractivity contribution in [3.8, 4) is 0 Å². The second-order valence-electron chi connectivity index (χ2n) is 4.40. The van der Waals surface area contributed by atoms with Crippen LogP contribution in [0.25, 0.3) is 0 Å². The van der Waals surface area contributed by atoms with E-state index in [0.717, 1.165) is 10.8 Å². The van der Waals surface area contributed by atoms with E-state index >= 15 is 0 Å². The minimum atomic E-state index is -0.178. The number of aromatic nitrogens is 1. The van der Waals surface area contributed by atoms with Gasteiger partial charge in [-0.3, -0.25) is 4.79 Å². The molecule has 2 heterocycles. The van der Waals surface area contributed by atoms with Gasteiger partial charge in [0.25, 0.3) is 0 Å². The van der Waals surface area contributed by atoms with Gasteiger partial charge in [0, 0.05) is 18.3 Å². The van der Waals surface area contributed by atoms with Crippen molar-refractivity contribution in [3.05, 3.63) is 11.1 Å². The Morgan fingerprint density at radius 1 is 1.60 bits per heavy atom. The smallest absolute Gasteiger partial charge is 0.306 e. The van der Waals surface area contributed by atoms with E-state index in [2.05, 4.69) is 10.3 Å². The summed E-state index contributed by atoms with van der Waals surface area (Å²) in [6.07, 6.45) is 1.06. The van der Waals surface area contributed by atoms with E-state index in [4.69, 9.17) is 14.2 Å². The Labute approximate surface area is 122 Å². The summed E-state index contributed by atoms with van der Waals surface area (Å²) >= 11 is 1.53. The molecule has 1 aliphatic heterocycles. The molecular weight excluding hydrogens is 280 g/mol. The maximum atomic E-state index is 11.3. The third-order valence-electron chi connectivity index (χ3n) is 2.81. The van der Waals surface area contributed by atoms with Crippen LogP contribution in [0.1, 0.15) is 19.0 Å². The molecule has 0 aromatic carbocycles. The number of carbonyl (C=O) groups is 1. The molecule has 1 N–H and O–H groups in total. The van der Waals surface area contributed by atoms with Crippen LogP contribution in [-0.2, 0) is 25.4 Å². The zero-order chi connectivity index (χ0) is 14.2. The minimum absolute atomic E-state index is 0.0793. The second kappa shape index (κ2) is 8.18. The van der Waals surface area contributed by atoms with Gasteiger partial charge in [0.2, 0.25) is 0 Å². The lowest BCUT2D eigenvalue weighted by atomic mass is 10.2. The summed E-state index contributed by atoms with van der Waals surface area (Å²) in [5.41, 5.74) is 0.909. The van der Waals surface area contributed by atoms with Crippen LogP contribution in [0.15, 0.2) is 5.38 Å². The summed E-state index contributed by atoms with van der Waals surface area (Å²) in [7, 11) is 0. The average Bonchev–Trinajstić information content (AvgIpc) is 2.92. The van der Waals surface area contributed by atoms with Crippen molar-refractivity contribution >= 4 is 22.4 Å². The van der Waals surface area contributed by atoms with Crippen molar-refractivity contribution in [2.45, 2.75) is 25.9 Å². The van der Waals surface area contributed by atoms with E-state index in [1.807, 2.05) is 5.38 Å². The Bertz CT molecular complexity index is 418. The molecule has 0 saturated carbocycles. The molecule has 1 aromatic heterocycles. The molecule has 1 aliphatic rings. The molecule has 112 valence electrons. The monoisotopic (exact) mass is 300 g/mol. The predicted octanol–water partition coefficient (Wildman–Crippen LogP) is 1.47. The molecule has 7 heteroatoms. The van der Waals surface area contributed by atoms with Gasteiger partial charge in [0.1, 0.15) is 0 Å². The van der Waals surface area contributed by atoms with Crippen LogP contribution in [0.4, 0.5) is 5.13 Å². The zero-order valence-electron chi connectivity index (χ0n) is 11.6. The van der Waals surface area contributed by atoms with E-state index < -0.39 is 0 Å². The summed E-state index contributed by atoms with van der Waals surface area (Å²) in [6.45, 7) is 4.85. The lowest BCUT2D eigenvalue weighted by Crippen LogP contribution is -2.34. The van der Waals surface area contributed by atoms with E-state index in [1.165, 1.54) is 11.3 Å². The van der Waals surface area contributed by atoms with Gasteiger partial charge < -0.3 is 19.5 Å². The van der Waals surface area contributed by atoms with Gasteiger partial charge in [-0.05, 0) is 6.92 Å². The zero-order valence-corrected chi connectivity index (χ0v) is 12.4. The van der Waals surface area contributed by atoms with Crippen molar-refractivity contribution in [2.75, 3.05) is 38.3 Å². The van der Waals surface area contributed by atoms with Crippen LogP contribution >= 0.6 is 11.3 Å². The highest BCUT2D eigenvalue weighted by Crippen LogP contribution is 2.17. The first-order valence-electron chi connectivity index (χ1n) is 6.81. The summed E-state index contributed by atoms with van der Waals surface area (Å²) in [6, 6.07) is 0. The lowest BCUT2D eigenvalue weighted by Gasteiger charge is -2.22. The maximum absolute atomic E-state index is 11.3. The first-order valence-corrected chi connectivity index (χ1v) is 7.69. The first kappa shape index (κ1) is 15.2. The van der Waals surface area contributed by atoms with Gasteiger partial charge in [-0.25, -0.2) is 4.98 Å². The number of nitrogens with one attached hydrogen (secondary N) is 1. The SMILES string of the molecule is CCOC(=O)CCc1csc(NCC2COCCO2)n1. The number of ether oxygens (including phenoxy) is 3. The molecule has 2 rings (SSSR count). The van der Waals surface area contributed by atoms with Crippen molar-refractivity contribution in [1.29, 1.82) is 0 Å². The third-order valence-corrected chi connectivity index (χ3v) is 3.66. The van der Waals surface area contributed by atoms with Gasteiger partial charge in [-0.15, -0.1) is 11.3 Å². The lowest BCUT2D eigenvalue weighted by molar-refractivity contribution is -0.143. The molecule has 0 bridgehead atoms. The summed E-state index contributed by atoms with van der Waals surface area (Å²) in [4.78, 5) is 15.7. The number of hydrogen-bond acceptors (Lipinski definition) is 7. The van der Waals surface area contributed by atoms with Crippen molar-refractivity contribution in [2.24, 2.45) is 0 Å². The van der Waals surface area contributed by atoms with Crippen molar-refractivity contribution in [1.82, 2.24) is 4.98 Å². The Kier molecular flexibility index (Phi) is 6.23. The van der Waals surface area contributed by atoms with Crippen LogP contribution in [0.5, 0.6) is 0 Å². The Hall–Kier alpha value is -1.18. The number of thiazole rings is 1. The Morgan fingerprint density at radius 3 is 3.25 bits per heavy atom. The van der Waals surface area contributed by atoms with Crippen LogP contribution in [-0.4, -0.2) is 50.0 Å². The van der Waals surface area contributed by atoms with Gasteiger partial charge in [-0.2, -0.15) is 0 Å². The van der Waals surface area contributed by atoms with Crippen LogP contribution < -0.4 is 5.32 Å². The summed E-state index contributed by atoms with van der Waals surface area (Å²) < 4.78 is 15.8. The molecule has 0 radical (unpaired) electrons. The summed E-state index contributed by atoms with van der Waals surface area (Å²) in [5, 5.41) is 6.04. The third kappa shape index (κ3) is 5.07. The topological polar surface area (TPSA) is 69.7 Å². The highest BCUT2D eigenvalue weighted by Gasteiger charge is 2.14. The molecule has 1 unspecified atom stereocenters. The van der Waals surface area contributed by atoms with Gasteiger partial charge in [-0.1, -0.05) is 0 Å². The van der Waals surface area contributed by atoms with Crippen molar-refractivity contribution in [3.63, 3.8) is 0 Å². The van der Waals surface area contributed by atoms with Crippen molar-refractivity contribution < 1.29 is 19.0 Å². The maximum Gasteiger partial charge on any atom is 0.306 e.